The van der Waals surface area contributed by atoms with Crippen LogP contribution in [0.1, 0.15) is 20.1 Å². The van der Waals surface area contributed by atoms with Crippen LogP contribution in [0.2, 0.25) is 0 Å². The number of sulfonamides is 1. The van der Waals surface area contributed by atoms with Gasteiger partial charge in [0.05, 0.1) is 16.3 Å². The second kappa shape index (κ2) is 6.27. The summed E-state index contributed by atoms with van der Waals surface area (Å²) in [5.74, 6) is -0.176. The van der Waals surface area contributed by atoms with E-state index in [1.807, 2.05) is 18.4 Å². The van der Waals surface area contributed by atoms with Crippen LogP contribution in [0.25, 0.3) is 0 Å². The van der Waals surface area contributed by atoms with Gasteiger partial charge in [-0.1, -0.05) is 0 Å². The van der Waals surface area contributed by atoms with Gasteiger partial charge >= 0.3 is 0 Å². The molecule has 8 heteroatoms. The van der Waals surface area contributed by atoms with Crippen LogP contribution in [0.4, 0.5) is 0 Å². The summed E-state index contributed by atoms with van der Waals surface area (Å²) in [7, 11) is -0.438. The molecule has 0 aliphatic carbocycles. The third kappa shape index (κ3) is 3.52. The molecule has 0 aliphatic rings. The highest BCUT2D eigenvalue weighted by atomic mass is 32.2. The molecule has 5 nitrogen and oxygen atoms in total. The average Bonchev–Trinajstić information content (AvgIpc) is 3.08. The number of thiophene rings is 2. The lowest BCUT2D eigenvalue weighted by Gasteiger charge is -2.15. The van der Waals surface area contributed by atoms with E-state index in [0.29, 0.717) is 11.4 Å². The van der Waals surface area contributed by atoms with Gasteiger partial charge in [0, 0.05) is 17.3 Å². The van der Waals surface area contributed by atoms with Gasteiger partial charge in [-0.25, -0.2) is 13.1 Å². The molecule has 0 saturated carbocycles. The fourth-order valence-corrected chi connectivity index (χ4v) is 4.69. The second-order valence-electron chi connectivity index (χ2n) is 4.54. The van der Waals surface area contributed by atoms with Gasteiger partial charge in [0.15, 0.2) is 0 Å². The number of carbonyl (C=O) groups is 1. The molecule has 0 unspecified atom stereocenters. The molecular formula is C13H16N2O3S3. The number of nitrogens with zero attached hydrogens (tertiary/aromatic N) is 1. The van der Waals surface area contributed by atoms with Crippen LogP contribution in [0.15, 0.2) is 27.8 Å². The van der Waals surface area contributed by atoms with Crippen LogP contribution in [-0.4, -0.2) is 33.3 Å². The smallest absolute Gasteiger partial charge is 0.264 e. The standard InChI is InChI=1S/C13H16N2O3S3/c1-9-4-5-19-12(9)7-15(3)13(16)11-6-10(8-20-11)21(17,18)14-2/h4-6,8,14H,7H2,1-3H3. The van der Waals surface area contributed by atoms with E-state index in [9.17, 15) is 13.2 Å². The molecule has 21 heavy (non-hydrogen) atoms. The summed E-state index contributed by atoms with van der Waals surface area (Å²) in [5.41, 5.74) is 1.16. The zero-order valence-corrected chi connectivity index (χ0v) is 14.4. The maximum absolute atomic E-state index is 12.3. The van der Waals surface area contributed by atoms with Crippen LogP contribution in [0.3, 0.4) is 0 Å². The van der Waals surface area contributed by atoms with Crippen molar-refractivity contribution in [2.24, 2.45) is 0 Å². The van der Waals surface area contributed by atoms with Crippen molar-refractivity contribution in [2.45, 2.75) is 18.4 Å². The molecule has 2 heterocycles. The van der Waals surface area contributed by atoms with Crippen LogP contribution in [-0.2, 0) is 16.6 Å². The van der Waals surface area contributed by atoms with Crippen molar-refractivity contribution in [3.63, 3.8) is 0 Å². The second-order valence-corrected chi connectivity index (χ2v) is 8.34. The first kappa shape index (κ1) is 16.2. The van der Waals surface area contributed by atoms with Gasteiger partial charge in [-0.15, -0.1) is 22.7 Å². The van der Waals surface area contributed by atoms with Crippen LogP contribution >= 0.6 is 22.7 Å². The first-order valence-electron chi connectivity index (χ1n) is 6.15. The molecule has 0 spiro atoms. The monoisotopic (exact) mass is 344 g/mol. The fourth-order valence-electron chi connectivity index (χ4n) is 1.73. The van der Waals surface area contributed by atoms with E-state index < -0.39 is 10.0 Å². The van der Waals surface area contributed by atoms with Crippen LogP contribution in [0, 0.1) is 6.92 Å². The van der Waals surface area contributed by atoms with E-state index in [0.717, 1.165) is 21.8 Å². The van der Waals surface area contributed by atoms with Gasteiger partial charge in [-0.3, -0.25) is 4.79 Å². The Morgan fingerprint density at radius 2 is 2.10 bits per heavy atom. The zero-order valence-electron chi connectivity index (χ0n) is 11.9. The molecule has 114 valence electrons. The van der Waals surface area contributed by atoms with E-state index in [1.165, 1.54) is 18.5 Å². The Morgan fingerprint density at radius 3 is 2.67 bits per heavy atom. The maximum Gasteiger partial charge on any atom is 0.264 e. The maximum atomic E-state index is 12.3. The lowest BCUT2D eigenvalue weighted by molar-refractivity contribution is 0.0791. The van der Waals surface area contributed by atoms with Crippen LogP contribution < -0.4 is 4.72 Å². The number of hydrogen-bond acceptors (Lipinski definition) is 5. The molecular weight excluding hydrogens is 328 g/mol. The molecule has 2 aromatic heterocycles. The number of carbonyl (C=O) groups excluding carboxylic acids is 1. The molecule has 0 aliphatic heterocycles. The Bertz CT molecular complexity index is 746. The van der Waals surface area contributed by atoms with Gasteiger partial charge in [0.25, 0.3) is 5.91 Å². The Hall–Kier alpha value is -1.22. The largest absolute Gasteiger partial charge is 0.336 e. The first-order chi connectivity index (χ1) is 9.85. The number of rotatable bonds is 5. The molecule has 1 amide bonds. The summed E-state index contributed by atoms with van der Waals surface area (Å²) in [6.07, 6.45) is 0. The third-order valence-electron chi connectivity index (χ3n) is 3.06. The summed E-state index contributed by atoms with van der Waals surface area (Å²) in [5, 5.41) is 3.47. The topological polar surface area (TPSA) is 66.5 Å². The SMILES string of the molecule is CNS(=O)(=O)c1csc(C(=O)N(C)Cc2sccc2C)c1. The normalized spacial score (nSPS) is 11.6. The predicted molar refractivity (Wildman–Crippen MR) is 85.4 cm³/mol. The number of aryl methyl sites for hydroxylation is 1. The first-order valence-corrected chi connectivity index (χ1v) is 9.40. The fraction of sp³-hybridized carbons (Fsp3) is 0.308. The minimum Gasteiger partial charge on any atom is -0.336 e. The van der Waals surface area contributed by atoms with Crippen molar-refractivity contribution >= 4 is 38.6 Å². The number of hydrogen-bond donors (Lipinski definition) is 1. The Labute approximate surface area is 132 Å². The Kier molecular flexibility index (Phi) is 4.82. The summed E-state index contributed by atoms with van der Waals surface area (Å²) in [6.45, 7) is 2.53. The van der Waals surface area contributed by atoms with Gasteiger partial charge in [0.2, 0.25) is 10.0 Å². The highest BCUT2D eigenvalue weighted by molar-refractivity contribution is 7.89. The van der Waals surface area contributed by atoms with Crippen molar-refractivity contribution in [2.75, 3.05) is 14.1 Å². The molecule has 0 aromatic carbocycles. The molecule has 0 bridgehead atoms. The van der Waals surface area contributed by atoms with E-state index >= 15 is 0 Å². The van der Waals surface area contributed by atoms with Gasteiger partial charge in [-0.2, -0.15) is 0 Å². The average molecular weight is 344 g/mol. The molecule has 0 radical (unpaired) electrons. The highest BCUT2D eigenvalue weighted by Crippen LogP contribution is 2.22. The molecule has 0 saturated heterocycles. The highest BCUT2D eigenvalue weighted by Gasteiger charge is 2.20. The summed E-state index contributed by atoms with van der Waals surface area (Å²) < 4.78 is 25.6. The number of amides is 1. The van der Waals surface area contributed by atoms with Crippen molar-refractivity contribution in [3.8, 4) is 0 Å². The van der Waals surface area contributed by atoms with Gasteiger partial charge in [0.1, 0.15) is 0 Å². The molecule has 2 rings (SSSR count). The zero-order chi connectivity index (χ0) is 15.6. The van der Waals surface area contributed by atoms with Crippen molar-refractivity contribution in [1.29, 1.82) is 0 Å². The third-order valence-corrected chi connectivity index (χ3v) is 6.53. The number of nitrogens with one attached hydrogen (secondary N) is 1. The van der Waals surface area contributed by atoms with Crippen molar-refractivity contribution in [3.05, 3.63) is 38.2 Å². The van der Waals surface area contributed by atoms with Crippen LogP contribution in [0.5, 0.6) is 0 Å². The predicted octanol–water partition coefficient (Wildman–Crippen LogP) is 2.30. The van der Waals surface area contributed by atoms with Crippen molar-refractivity contribution < 1.29 is 13.2 Å². The van der Waals surface area contributed by atoms with Crippen molar-refractivity contribution in [1.82, 2.24) is 9.62 Å². The molecule has 1 N–H and O–H groups in total. The molecule has 2 aromatic rings. The quantitative estimate of drug-likeness (QED) is 0.905. The molecule has 0 atom stereocenters. The van der Waals surface area contributed by atoms with E-state index in [1.54, 1.807) is 23.3 Å². The Balaban J connectivity index is 2.15. The van der Waals surface area contributed by atoms with Gasteiger partial charge < -0.3 is 4.90 Å². The molecule has 0 fully saturated rings. The van der Waals surface area contributed by atoms with E-state index in [2.05, 4.69) is 4.72 Å². The Morgan fingerprint density at radius 1 is 1.38 bits per heavy atom. The lowest BCUT2D eigenvalue weighted by Crippen LogP contribution is -2.25. The minimum absolute atomic E-state index is 0.124. The van der Waals surface area contributed by atoms with E-state index in [-0.39, 0.29) is 10.8 Å². The van der Waals surface area contributed by atoms with E-state index in [4.69, 9.17) is 0 Å². The summed E-state index contributed by atoms with van der Waals surface area (Å²) >= 11 is 2.75. The lowest BCUT2D eigenvalue weighted by atomic mass is 10.3. The minimum atomic E-state index is -3.50. The summed E-state index contributed by atoms with van der Waals surface area (Å²) in [4.78, 5) is 15.6. The summed E-state index contributed by atoms with van der Waals surface area (Å²) in [6, 6.07) is 3.43. The van der Waals surface area contributed by atoms with Gasteiger partial charge in [-0.05, 0) is 37.0 Å².